The van der Waals surface area contributed by atoms with Crippen LogP contribution in [0.15, 0.2) is 58.0 Å². The van der Waals surface area contributed by atoms with Crippen molar-refractivity contribution in [3.8, 4) is 5.75 Å². The Balaban J connectivity index is 1.62. The molecule has 2 N–H and O–H groups in total. The Morgan fingerprint density at radius 3 is 2.55 bits per heavy atom. The maximum absolute atomic E-state index is 5.72. The van der Waals surface area contributed by atoms with Crippen molar-refractivity contribution < 1.29 is 9.26 Å². The number of aryl methyl sites for hydroxylation is 3. The summed E-state index contributed by atoms with van der Waals surface area (Å²) < 4.78 is 10.9. The predicted molar refractivity (Wildman–Crippen MR) is 124 cm³/mol. The van der Waals surface area contributed by atoms with E-state index in [2.05, 4.69) is 39.8 Å². The third-order valence-corrected chi connectivity index (χ3v) is 4.59. The molecule has 0 amide bonds. The second-order valence-corrected chi connectivity index (χ2v) is 7.67. The molecular formula is C24H31N5O2. The van der Waals surface area contributed by atoms with Gasteiger partial charge in [-0.25, -0.2) is 4.99 Å². The Bertz CT molecular complexity index is 980. The van der Waals surface area contributed by atoms with Gasteiger partial charge in [0.1, 0.15) is 5.75 Å². The van der Waals surface area contributed by atoms with Crippen LogP contribution in [0.25, 0.3) is 0 Å². The third kappa shape index (κ3) is 7.44. The molecule has 0 saturated carbocycles. The summed E-state index contributed by atoms with van der Waals surface area (Å²) >= 11 is 0. The number of aliphatic imine (C=N–C) groups is 1. The van der Waals surface area contributed by atoms with Crippen LogP contribution < -0.4 is 15.4 Å². The van der Waals surface area contributed by atoms with E-state index in [1.165, 1.54) is 11.1 Å². The van der Waals surface area contributed by atoms with Crippen LogP contribution in [0.1, 0.15) is 43.1 Å². The summed E-state index contributed by atoms with van der Waals surface area (Å²) in [6.45, 7) is 9.28. The number of ether oxygens (including phenoxy) is 1. The van der Waals surface area contributed by atoms with E-state index in [0.29, 0.717) is 18.3 Å². The van der Waals surface area contributed by atoms with Crippen molar-refractivity contribution in [1.29, 1.82) is 0 Å². The van der Waals surface area contributed by atoms with Gasteiger partial charge in [0.05, 0.1) is 12.6 Å². The number of rotatable bonds is 9. The molecule has 7 heteroatoms. The van der Waals surface area contributed by atoms with E-state index in [-0.39, 0.29) is 6.10 Å². The second kappa shape index (κ2) is 11.2. The molecule has 0 spiro atoms. The van der Waals surface area contributed by atoms with E-state index in [9.17, 15) is 0 Å². The van der Waals surface area contributed by atoms with Gasteiger partial charge in [-0.3, -0.25) is 0 Å². The molecule has 0 bridgehead atoms. The minimum absolute atomic E-state index is 0.148. The molecule has 3 rings (SSSR count). The average Bonchev–Trinajstić information content (AvgIpc) is 3.16. The highest BCUT2D eigenvalue weighted by atomic mass is 16.5. The molecule has 0 atom stereocenters. The lowest BCUT2D eigenvalue weighted by atomic mass is 10.1. The standard InChI is InChI=1S/C24H31N5O2/c1-17(2)30-22-13-11-21(12-14-22)28-24(26-16-20-9-6-5-8-18(20)3)25-15-7-10-23-27-19(4)29-31-23/h5-6,8-9,11-14,17H,7,10,15-16H2,1-4H3,(H2,25,26,28). The maximum atomic E-state index is 5.72. The minimum atomic E-state index is 0.148. The molecule has 31 heavy (non-hydrogen) atoms. The van der Waals surface area contributed by atoms with Gasteiger partial charge in [0, 0.05) is 18.7 Å². The van der Waals surface area contributed by atoms with Gasteiger partial charge in [-0.05, 0) is 69.5 Å². The fourth-order valence-electron chi connectivity index (χ4n) is 3.01. The molecular weight excluding hydrogens is 390 g/mol. The largest absolute Gasteiger partial charge is 0.491 e. The number of hydrogen-bond acceptors (Lipinski definition) is 5. The topological polar surface area (TPSA) is 84.6 Å². The molecule has 1 heterocycles. The lowest BCUT2D eigenvalue weighted by Crippen LogP contribution is -2.32. The van der Waals surface area contributed by atoms with Crippen LogP contribution in [0.2, 0.25) is 0 Å². The number of nitrogens with zero attached hydrogens (tertiary/aromatic N) is 3. The minimum Gasteiger partial charge on any atom is -0.491 e. The highest BCUT2D eigenvalue weighted by molar-refractivity contribution is 5.93. The van der Waals surface area contributed by atoms with Gasteiger partial charge >= 0.3 is 0 Å². The molecule has 2 aromatic carbocycles. The first-order valence-electron chi connectivity index (χ1n) is 10.7. The van der Waals surface area contributed by atoms with Crippen LogP contribution >= 0.6 is 0 Å². The molecule has 0 aliphatic carbocycles. The predicted octanol–water partition coefficient (Wildman–Crippen LogP) is 4.66. The summed E-state index contributed by atoms with van der Waals surface area (Å²) in [5, 5.41) is 10.6. The number of hydrogen-bond donors (Lipinski definition) is 2. The Morgan fingerprint density at radius 2 is 1.87 bits per heavy atom. The smallest absolute Gasteiger partial charge is 0.226 e. The number of guanidine groups is 1. The van der Waals surface area contributed by atoms with Crippen molar-refractivity contribution in [2.24, 2.45) is 4.99 Å². The van der Waals surface area contributed by atoms with Crippen molar-refractivity contribution in [3.05, 3.63) is 71.4 Å². The molecule has 0 saturated heterocycles. The molecule has 7 nitrogen and oxygen atoms in total. The van der Waals surface area contributed by atoms with Crippen LogP contribution in [0.5, 0.6) is 5.75 Å². The molecule has 1 aromatic heterocycles. The summed E-state index contributed by atoms with van der Waals surface area (Å²) in [6, 6.07) is 16.2. The third-order valence-electron chi connectivity index (χ3n) is 4.59. The van der Waals surface area contributed by atoms with Crippen molar-refractivity contribution in [3.63, 3.8) is 0 Å². The van der Waals surface area contributed by atoms with Gasteiger partial charge in [0.25, 0.3) is 0 Å². The van der Waals surface area contributed by atoms with E-state index < -0.39 is 0 Å². The van der Waals surface area contributed by atoms with Crippen LogP contribution in [0.3, 0.4) is 0 Å². The lowest BCUT2D eigenvalue weighted by Gasteiger charge is -2.14. The lowest BCUT2D eigenvalue weighted by molar-refractivity contribution is 0.242. The van der Waals surface area contributed by atoms with Gasteiger partial charge in [-0.15, -0.1) is 0 Å². The van der Waals surface area contributed by atoms with Crippen molar-refractivity contribution in [1.82, 2.24) is 15.5 Å². The monoisotopic (exact) mass is 421 g/mol. The fourth-order valence-corrected chi connectivity index (χ4v) is 3.01. The van der Waals surface area contributed by atoms with Crippen LogP contribution in [0, 0.1) is 13.8 Å². The van der Waals surface area contributed by atoms with Gasteiger partial charge in [0.15, 0.2) is 11.8 Å². The number of anilines is 1. The molecule has 3 aromatic rings. The van der Waals surface area contributed by atoms with E-state index in [1.54, 1.807) is 0 Å². The van der Waals surface area contributed by atoms with E-state index in [0.717, 1.165) is 36.8 Å². The first-order valence-corrected chi connectivity index (χ1v) is 10.7. The zero-order valence-corrected chi connectivity index (χ0v) is 18.7. The van der Waals surface area contributed by atoms with Crippen molar-refractivity contribution in [2.45, 2.75) is 53.2 Å². The first-order chi connectivity index (χ1) is 15.0. The molecule has 0 unspecified atom stereocenters. The second-order valence-electron chi connectivity index (χ2n) is 7.67. The van der Waals surface area contributed by atoms with Gasteiger partial charge in [0.2, 0.25) is 5.89 Å². The van der Waals surface area contributed by atoms with Gasteiger partial charge in [-0.2, -0.15) is 4.98 Å². The summed E-state index contributed by atoms with van der Waals surface area (Å²) in [7, 11) is 0. The maximum Gasteiger partial charge on any atom is 0.226 e. The summed E-state index contributed by atoms with van der Waals surface area (Å²) in [5.41, 5.74) is 3.37. The van der Waals surface area contributed by atoms with Crippen LogP contribution in [-0.2, 0) is 13.0 Å². The number of aromatic nitrogens is 2. The van der Waals surface area contributed by atoms with Crippen LogP contribution in [0.4, 0.5) is 5.69 Å². The van der Waals surface area contributed by atoms with Crippen LogP contribution in [-0.4, -0.2) is 28.7 Å². The van der Waals surface area contributed by atoms with Gasteiger partial charge < -0.3 is 19.9 Å². The highest BCUT2D eigenvalue weighted by Gasteiger charge is 2.05. The molecule has 0 aliphatic heterocycles. The zero-order chi connectivity index (χ0) is 22.1. The number of benzene rings is 2. The molecule has 0 fully saturated rings. The fraction of sp³-hybridized carbons (Fsp3) is 0.375. The Morgan fingerprint density at radius 1 is 1.10 bits per heavy atom. The summed E-state index contributed by atoms with van der Waals surface area (Å²) in [6.07, 6.45) is 1.72. The zero-order valence-electron chi connectivity index (χ0n) is 18.7. The first kappa shape index (κ1) is 22.3. The van der Waals surface area contributed by atoms with Gasteiger partial charge in [-0.1, -0.05) is 29.4 Å². The van der Waals surface area contributed by atoms with E-state index >= 15 is 0 Å². The van der Waals surface area contributed by atoms with E-state index in [1.807, 2.05) is 57.2 Å². The van der Waals surface area contributed by atoms with E-state index in [4.69, 9.17) is 14.3 Å². The van der Waals surface area contributed by atoms with Crippen molar-refractivity contribution in [2.75, 3.05) is 11.9 Å². The number of nitrogens with one attached hydrogen (secondary N) is 2. The summed E-state index contributed by atoms with van der Waals surface area (Å²) in [5.74, 6) is 2.89. The Hall–Kier alpha value is -3.35. The Labute approximate surface area is 183 Å². The molecule has 0 aliphatic rings. The SMILES string of the molecule is Cc1noc(CCCNC(=NCc2ccccc2C)Nc2ccc(OC(C)C)cc2)n1. The highest BCUT2D eigenvalue weighted by Crippen LogP contribution is 2.17. The van der Waals surface area contributed by atoms with Crippen molar-refractivity contribution >= 4 is 11.6 Å². The molecule has 164 valence electrons. The molecule has 0 radical (unpaired) electrons. The quantitative estimate of drug-likeness (QED) is 0.297. The average molecular weight is 422 g/mol. The normalized spacial score (nSPS) is 11.6. The Kier molecular flexibility index (Phi) is 8.04. The summed E-state index contributed by atoms with van der Waals surface area (Å²) in [4.78, 5) is 9.03.